The van der Waals surface area contributed by atoms with Crippen molar-refractivity contribution in [2.75, 3.05) is 0 Å². The SMILES string of the molecule is Cc1cccc(C(O)c2cc(Br)c(C)s2)c1Br. The molecule has 1 N–H and O–H groups in total. The van der Waals surface area contributed by atoms with Crippen molar-refractivity contribution < 1.29 is 5.11 Å². The summed E-state index contributed by atoms with van der Waals surface area (Å²) in [4.78, 5) is 2.14. The summed E-state index contributed by atoms with van der Waals surface area (Å²) in [6.45, 7) is 4.06. The Bertz CT molecular complexity index is 529. The average molecular weight is 376 g/mol. The molecule has 0 fully saturated rings. The van der Waals surface area contributed by atoms with Crippen molar-refractivity contribution in [3.05, 3.63) is 54.1 Å². The van der Waals surface area contributed by atoms with E-state index in [2.05, 4.69) is 31.9 Å². The van der Waals surface area contributed by atoms with Crippen LogP contribution in [0.5, 0.6) is 0 Å². The fourth-order valence-electron chi connectivity index (χ4n) is 1.65. The number of halogens is 2. The second-order valence-corrected chi connectivity index (χ2v) is 6.87. The minimum Gasteiger partial charge on any atom is -0.383 e. The largest absolute Gasteiger partial charge is 0.383 e. The van der Waals surface area contributed by atoms with Crippen molar-refractivity contribution in [3.8, 4) is 0 Å². The molecule has 1 aromatic carbocycles. The molecule has 1 aromatic heterocycles. The predicted octanol–water partition coefficient (Wildman–Crippen LogP) is 4.97. The van der Waals surface area contributed by atoms with E-state index in [4.69, 9.17) is 0 Å². The van der Waals surface area contributed by atoms with Gasteiger partial charge in [0.15, 0.2) is 0 Å². The minimum atomic E-state index is -0.570. The third kappa shape index (κ3) is 2.65. The van der Waals surface area contributed by atoms with Crippen LogP contribution in [0.25, 0.3) is 0 Å². The molecule has 1 atom stereocenters. The van der Waals surface area contributed by atoms with E-state index in [1.807, 2.05) is 38.1 Å². The number of hydrogen-bond donors (Lipinski definition) is 1. The van der Waals surface area contributed by atoms with Crippen molar-refractivity contribution in [2.24, 2.45) is 0 Å². The molecule has 0 aliphatic carbocycles. The van der Waals surface area contributed by atoms with Gasteiger partial charge < -0.3 is 5.11 Å². The summed E-state index contributed by atoms with van der Waals surface area (Å²) < 4.78 is 2.04. The Morgan fingerprint density at radius 3 is 2.53 bits per heavy atom. The Morgan fingerprint density at radius 2 is 1.94 bits per heavy atom. The van der Waals surface area contributed by atoms with Crippen LogP contribution in [-0.4, -0.2) is 5.11 Å². The van der Waals surface area contributed by atoms with Gasteiger partial charge in [-0.3, -0.25) is 0 Å². The standard InChI is InChI=1S/C13H12Br2OS/c1-7-4-3-5-9(12(7)15)13(16)11-6-10(14)8(2)17-11/h3-6,13,16H,1-2H3. The Morgan fingerprint density at radius 1 is 1.24 bits per heavy atom. The summed E-state index contributed by atoms with van der Waals surface area (Å²) in [5, 5.41) is 10.4. The molecule has 0 aliphatic heterocycles. The number of thiophene rings is 1. The van der Waals surface area contributed by atoms with E-state index >= 15 is 0 Å². The first-order valence-electron chi connectivity index (χ1n) is 5.19. The molecule has 0 saturated carbocycles. The third-order valence-corrected chi connectivity index (χ3v) is 5.93. The number of aliphatic hydroxyl groups is 1. The van der Waals surface area contributed by atoms with Crippen LogP contribution >= 0.6 is 43.2 Å². The first-order chi connectivity index (χ1) is 8.00. The smallest absolute Gasteiger partial charge is 0.114 e. The van der Waals surface area contributed by atoms with Crippen molar-refractivity contribution in [2.45, 2.75) is 20.0 Å². The van der Waals surface area contributed by atoms with E-state index in [1.165, 1.54) is 4.88 Å². The van der Waals surface area contributed by atoms with Crippen molar-refractivity contribution in [3.63, 3.8) is 0 Å². The maximum atomic E-state index is 10.4. The van der Waals surface area contributed by atoms with Gasteiger partial charge in [-0.1, -0.05) is 34.1 Å². The quantitative estimate of drug-likeness (QED) is 0.785. The number of benzene rings is 1. The normalized spacial score (nSPS) is 12.8. The summed E-state index contributed by atoms with van der Waals surface area (Å²) in [7, 11) is 0. The molecule has 0 saturated heterocycles. The van der Waals surface area contributed by atoms with E-state index in [1.54, 1.807) is 11.3 Å². The molecule has 1 nitrogen and oxygen atoms in total. The Balaban J connectivity index is 2.43. The fraction of sp³-hybridized carbons (Fsp3) is 0.231. The summed E-state index contributed by atoms with van der Waals surface area (Å²) in [5.74, 6) is 0. The van der Waals surface area contributed by atoms with Crippen LogP contribution in [0.3, 0.4) is 0 Å². The van der Waals surface area contributed by atoms with Gasteiger partial charge in [-0.15, -0.1) is 11.3 Å². The summed E-state index contributed by atoms with van der Waals surface area (Å²) >= 11 is 8.63. The number of aryl methyl sites for hydroxylation is 2. The topological polar surface area (TPSA) is 20.2 Å². The lowest BCUT2D eigenvalue weighted by molar-refractivity contribution is 0.223. The molecule has 0 bridgehead atoms. The molecular weight excluding hydrogens is 364 g/mol. The Labute approximate surface area is 122 Å². The third-order valence-electron chi connectivity index (χ3n) is 2.66. The Hall–Kier alpha value is -0.160. The molecule has 0 aliphatic rings. The molecule has 1 unspecified atom stereocenters. The maximum absolute atomic E-state index is 10.4. The lowest BCUT2D eigenvalue weighted by Crippen LogP contribution is -1.99. The van der Waals surface area contributed by atoms with Crippen LogP contribution in [0.2, 0.25) is 0 Å². The molecule has 2 aromatic rings. The van der Waals surface area contributed by atoms with Crippen molar-refractivity contribution in [1.29, 1.82) is 0 Å². The fourth-order valence-corrected chi connectivity index (χ4v) is 3.70. The zero-order valence-corrected chi connectivity index (χ0v) is 13.5. The van der Waals surface area contributed by atoms with Crippen LogP contribution < -0.4 is 0 Å². The van der Waals surface area contributed by atoms with Gasteiger partial charge in [-0.05, 0) is 41.4 Å². The second kappa shape index (κ2) is 5.22. The monoisotopic (exact) mass is 374 g/mol. The van der Waals surface area contributed by atoms with Crippen LogP contribution in [-0.2, 0) is 0 Å². The van der Waals surface area contributed by atoms with Gasteiger partial charge in [-0.25, -0.2) is 0 Å². The van der Waals surface area contributed by atoms with Gasteiger partial charge in [0.05, 0.1) is 0 Å². The van der Waals surface area contributed by atoms with Crippen LogP contribution in [0, 0.1) is 13.8 Å². The molecular formula is C13H12Br2OS. The van der Waals surface area contributed by atoms with Crippen LogP contribution in [0.15, 0.2) is 33.2 Å². The summed E-state index contributed by atoms with van der Waals surface area (Å²) in [6.07, 6.45) is -0.570. The summed E-state index contributed by atoms with van der Waals surface area (Å²) in [6, 6.07) is 7.92. The highest BCUT2D eigenvalue weighted by molar-refractivity contribution is 9.10. The van der Waals surface area contributed by atoms with Crippen LogP contribution in [0.4, 0.5) is 0 Å². The summed E-state index contributed by atoms with van der Waals surface area (Å²) in [5.41, 5.74) is 2.05. The van der Waals surface area contributed by atoms with Crippen molar-refractivity contribution in [1.82, 2.24) is 0 Å². The molecule has 1 heterocycles. The number of rotatable bonds is 2. The van der Waals surface area contributed by atoms with Gasteiger partial charge in [0.1, 0.15) is 6.10 Å². The van der Waals surface area contributed by atoms with E-state index in [0.29, 0.717) is 0 Å². The van der Waals surface area contributed by atoms with Crippen LogP contribution in [0.1, 0.15) is 27.0 Å². The van der Waals surface area contributed by atoms with E-state index in [0.717, 1.165) is 24.9 Å². The first-order valence-corrected chi connectivity index (χ1v) is 7.60. The van der Waals surface area contributed by atoms with E-state index in [-0.39, 0.29) is 0 Å². The zero-order chi connectivity index (χ0) is 12.6. The van der Waals surface area contributed by atoms with Gasteiger partial charge >= 0.3 is 0 Å². The van der Waals surface area contributed by atoms with Gasteiger partial charge in [0.25, 0.3) is 0 Å². The van der Waals surface area contributed by atoms with Gasteiger partial charge in [0, 0.05) is 24.3 Å². The molecule has 0 radical (unpaired) electrons. The minimum absolute atomic E-state index is 0.570. The Kier molecular flexibility index (Phi) is 4.08. The number of hydrogen-bond acceptors (Lipinski definition) is 2. The van der Waals surface area contributed by atoms with E-state index < -0.39 is 6.10 Å². The molecule has 17 heavy (non-hydrogen) atoms. The van der Waals surface area contributed by atoms with Crippen molar-refractivity contribution >= 4 is 43.2 Å². The first kappa shape index (κ1) is 13.3. The molecule has 2 rings (SSSR count). The highest BCUT2D eigenvalue weighted by atomic mass is 79.9. The molecule has 90 valence electrons. The van der Waals surface area contributed by atoms with Gasteiger partial charge in [0.2, 0.25) is 0 Å². The molecule has 0 amide bonds. The zero-order valence-electron chi connectivity index (χ0n) is 9.50. The maximum Gasteiger partial charge on any atom is 0.114 e. The second-order valence-electron chi connectivity index (χ2n) is 3.93. The average Bonchev–Trinajstić information content (AvgIpc) is 2.62. The van der Waals surface area contributed by atoms with E-state index in [9.17, 15) is 5.11 Å². The lowest BCUT2D eigenvalue weighted by Gasteiger charge is -2.12. The highest BCUT2D eigenvalue weighted by Gasteiger charge is 2.17. The molecule has 0 spiro atoms. The molecule has 4 heteroatoms. The van der Waals surface area contributed by atoms with Gasteiger partial charge in [-0.2, -0.15) is 0 Å². The predicted molar refractivity (Wildman–Crippen MR) is 79.7 cm³/mol. The number of aliphatic hydroxyl groups excluding tert-OH is 1. The highest BCUT2D eigenvalue weighted by Crippen LogP contribution is 2.36. The lowest BCUT2D eigenvalue weighted by atomic mass is 10.1.